The summed E-state index contributed by atoms with van der Waals surface area (Å²) in [5.74, 6) is -0.233. The maximum atomic E-state index is 13.3. The van der Waals surface area contributed by atoms with Gasteiger partial charge >= 0.3 is 0 Å². The van der Waals surface area contributed by atoms with Gasteiger partial charge in [-0.25, -0.2) is 0 Å². The molecule has 3 aromatic heterocycles. The fourth-order valence-electron chi connectivity index (χ4n) is 4.10. The van der Waals surface area contributed by atoms with Gasteiger partial charge in [-0.1, -0.05) is 60.1 Å². The largest absolute Gasteiger partial charge is 0.373 e. The second kappa shape index (κ2) is 11.2. The first-order valence-electron chi connectivity index (χ1n) is 11.7. The Morgan fingerprint density at radius 2 is 1.92 bits per heavy atom. The molecule has 0 aliphatic carbocycles. The van der Waals surface area contributed by atoms with E-state index in [-0.39, 0.29) is 11.5 Å². The monoisotopic (exact) mass is 543 g/mol. The van der Waals surface area contributed by atoms with E-state index in [2.05, 4.69) is 25.2 Å². The van der Waals surface area contributed by atoms with Crippen molar-refractivity contribution < 1.29 is 4.79 Å². The van der Waals surface area contributed by atoms with Crippen molar-refractivity contribution in [2.45, 2.75) is 13.1 Å². The van der Waals surface area contributed by atoms with Gasteiger partial charge in [-0.3, -0.25) is 19.1 Å². The molecule has 5 aromatic rings. The molecule has 0 atom stereocenters. The van der Waals surface area contributed by atoms with Crippen LogP contribution in [0.25, 0.3) is 22.4 Å². The number of H-pyrrole nitrogens is 2. The lowest BCUT2D eigenvalue weighted by Crippen LogP contribution is -2.26. The van der Waals surface area contributed by atoms with Gasteiger partial charge < -0.3 is 15.2 Å². The Balaban J connectivity index is 1.43. The molecule has 5 rings (SSSR count). The molecule has 2 aromatic carbocycles. The molecule has 0 aliphatic heterocycles. The Morgan fingerprint density at radius 3 is 2.71 bits per heavy atom. The second-order valence-corrected chi connectivity index (χ2v) is 9.61. The molecule has 1 amide bonds. The number of hydrogen-bond acceptors (Lipinski definition) is 6. The topological polar surface area (TPSA) is 131 Å². The van der Waals surface area contributed by atoms with Crippen LogP contribution < -0.4 is 16.2 Å². The lowest BCUT2D eigenvalue weighted by molar-refractivity contribution is 0.0941. The zero-order chi connectivity index (χ0) is 26.5. The van der Waals surface area contributed by atoms with E-state index in [1.54, 1.807) is 6.20 Å². The van der Waals surface area contributed by atoms with E-state index in [4.69, 9.17) is 11.6 Å². The summed E-state index contributed by atoms with van der Waals surface area (Å²) < 4.78 is 4.39. The summed E-state index contributed by atoms with van der Waals surface area (Å²) in [6.07, 6.45) is 3.58. The van der Waals surface area contributed by atoms with E-state index in [9.17, 15) is 14.9 Å². The predicted molar refractivity (Wildman–Crippen MR) is 148 cm³/mol. The summed E-state index contributed by atoms with van der Waals surface area (Å²) in [5.41, 5.74) is 4.22. The number of hydrogen-bond donors (Lipinski definition) is 4. The van der Waals surface area contributed by atoms with Crippen molar-refractivity contribution in [3.05, 3.63) is 105 Å². The van der Waals surface area contributed by atoms with Gasteiger partial charge in [0.25, 0.3) is 11.5 Å². The molecule has 0 saturated carbocycles. The van der Waals surface area contributed by atoms with Crippen LogP contribution in [0.1, 0.15) is 21.6 Å². The molecule has 11 heteroatoms. The number of rotatable bonds is 9. The molecule has 0 radical (unpaired) electrons. The maximum Gasteiger partial charge on any atom is 0.278 e. The van der Waals surface area contributed by atoms with Gasteiger partial charge in [-0.2, -0.15) is 10.4 Å². The van der Waals surface area contributed by atoms with Crippen LogP contribution in [0.5, 0.6) is 0 Å². The zero-order valence-corrected chi connectivity index (χ0v) is 21.6. The number of nitrogens with zero attached hydrogens (tertiary/aromatic N) is 3. The fraction of sp³-hybridized carbons (Fsp3) is 0.111. The first-order chi connectivity index (χ1) is 18.5. The minimum atomic E-state index is -0.421. The summed E-state index contributed by atoms with van der Waals surface area (Å²) in [6, 6.07) is 20.9. The number of carbonyl (C=O) groups is 1. The average molecular weight is 544 g/mol. The summed E-state index contributed by atoms with van der Waals surface area (Å²) >= 11 is 7.52. The Bertz CT molecular complexity index is 1680. The lowest BCUT2D eigenvalue weighted by Gasteiger charge is -2.10. The van der Waals surface area contributed by atoms with Crippen molar-refractivity contribution in [1.29, 1.82) is 5.26 Å². The normalized spacial score (nSPS) is 10.7. The van der Waals surface area contributed by atoms with Crippen LogP contribution in [-0.4, -0.2) is 31.6 Å². The summed E-state index contributed by atoms with van der Waals surface area (Å²) in [5, 5.41) is 23.7. The first kappa shape index (κ1) is 25.1. The molecular weight excluding hydrogens is 522 g/mol. The maximum absolute atomic E-state index is 13.3. The predicted octanol–water partition coefficient (Wildman–Crippen LogP) is 4.86. The van der Waals surface area contributed by atoms with Gasteiger partial charge in [-0.05, 0) is 29.2 Å². The van der Waals surface area contributed by atoms with Gasteiger partial charge in [0.2, 0.25) is 0 Å². The van der Waals surface area contributed by atoms with Crippen molar-refractivity contribution in [3.63, 3.8) is 0 Å². The number of nitrogens with one attached hydrogen (secondary N) is 4. The minimum absolute atomic E-state index is 0.0471. The van der Waals surface area contributed by atoms with Crippen molar-refractivity contribution in [1.82, 2.24) is 24.5 Å². The Kier molecular flexibility index (Phi) is 7.40. The standard InChI is InChI=1S/C27H22ClN7O2S/c28-22-9-5-4-8-19(22)21-15-32-33-24(21)18-12-23(26(37)31-14-17-6-2-1-3-7-17)35(16-18)11-10-30-27-20(13-29)25(36)34-38-27/h1-9,12,15-16,30H,10-11,14H2,(H,31,37)(H,32,33)(H,34,36). The molecule has 0 unspecified atom stereocenters. The van der Waals surface area contributed by atoms with Crippen LogP contribution in [0.4, 0.5) is 5.00 Å². The highest BCUT2D eigenvalue weighted by atomic mass is 35.5. The third-order valence-electron chi connectivity index (χ3n) is 5.97. The highest BCUT2D eigenvalue weighted by Gasteiger charge is 2.19. The molecule has 190 valence electrons. The van der Waals surface area contributed by atoms with E-state index in [1.807, 2.05) is 77.5 Å². The Hall–Kier alpha value is -4.59. The quantitative estimate of drug-likeness (QED) is 0.211. The number of amides is 1. The number of aromatic amines is 2. The molecule has 3 heterocycles. The molecule has 0 saturated heterocycles. The van der Waals surface area contributed by atoms with Crippen LogP contribution in [0, 0.1) is 11.3 Å². The first-order valence-corrected chi connectivity index (χ1v) is 12.9. The van der Waals surface area contributed by atoms with Crippen LogP contribution in [0.3, 0.4) is 0 Å². The van der Waals surface area contributed by atoms with E-state index in [0.29, 0.717) is 35.4 Å². The van der Waals surface area contributed by atoms with Crippen molar-refractivity contribution in [3.8, 4) is 28.5 Å². The number of nitriles is 1. The Labute approximate surface area is 226 Å². The summed E-state index contributed by atoms with van der Waals surface area (Å²) in [7, 11) is 0. The molecule has 0 fully saturated rings. The highest BCUT2D eigenvalue weighted by Crippen LogP contribution is 2.35. The van der Waals surface area contributed by atoms with Crippen LogP contribution in [0.2, 0.25) is 5.02 Å². The third kappa shape index (κ3) is 5.25. The Morgan fingerprint density at radius 1 is 1.13 bits per heavy atom. The smallest absolute Gasteiger partial charge is 0.278 e. The second-order valence-electron chi connectivity index (χ2n) is 8.39. The molecule has 9 nitrogen and oxygen atoms in total. The van der Waals surface area contributed by atoms with E-state index in [0.717, 1.165) is 39.5 Å². The van der Waals surface area contributed by atoms with Crippen molar-refractivity contribution in [2.24, 2.45) is 0 Å². The fourth-order valence-corrected chi connectivity index (χ4v) is 5.05. The van der Waals surface area contributed by atoms with E-state index in [1.165, 1.54) is 0 Å². The van der Waals surface area contributed by atoms with Gasteiger partial charge in [0.15, 0.2) is 5.56 Å². The van der Waals surface area contributed by atoms with Crippen molar-refractivity contribution in [2.75, 3.05) is 11.9 Å². The van der Waals surface area contributed by atoms with Crippen LogP contribution >= 0.6 is 23.1 Å². The number of aromatic nitrogens is 4. The number of carbonyl (C=O) groups excluding carboxylic acids is 1. The minimum Gasteiger partial charge on any atom is -0.373 e. The van der Waals surface area contributed by atoms with Crippen molar-refractivity contribution >= 4 is 34.0 Å². The van der Waals surface area contributed by atoms with Crippen LogP contribution in [-0.2, 0) is 13.1 Å². The average Bonchev–Trinajstić information content (AvgIpc) is 3.67. The third-order valence-corrected chi connectivity index (χ3v) is 7.14. The van der Waals surface area contributed by atoms with Crippen LogP contribution in [0.15, 0.2) is 77.9 Å². The van der Waals surface area contributed by atoms with Gasteiger partial charge in [0, 0.05) is 47.5 Å². The zero-order valence-electron chi connectivity index (χ0n) is 20.0. The summed E-state index contributed by atoms with van der Waals surface area (Å²) in [4.78, 5) is 25.0. The number of anilines is 1. The van der Waals surface area contributed by atoms with Gasteiger partial charge in [0.05, 0.1) is 11.9 Å². The van der Waals surface area contributed by atoms with Gasteiger partial charge in [-0.15, -0.1) is 0 Å². The molecule has 0 spiro atoms. The van der Waals surface area contributed by atoms with E-state index >= 15 is 0 Å². The van der Waals surface area contributed by atoms with Gasteiger partial charge in [0.1, 0.15) is 16.8 Å². The number of benzene rings is 2. The summed E-state index contributed by atoms with van der Waals surface area (Å²) in [6.45, 7) is 1.17. The molecule has 38 heavy (non-hydrogen) atoms. The number of halogens is 1. The SMILES string of the molecule is N#Cc1c(NCCn2cc(-c3[nH]ncc3-c3ccccc3Cl)cc2C(=O)NCc2ccccc2)s[nH]c1=O. The molecule has 0 bridgehead atoms. The van der Waals surface area contributed by atoms with E-state index < -0.39 is 5.56 Å². The lowest BCUT2D eigenvalue weighted by atomic mass is 10.0. The molecule has 0 aliphatic rings. The molecule has 4 N–H and O–H groups in total. The molecular formula is C27H22ClN7O2S. The highest BCUT2D eigenvalue weighted by molar-refractivity contribution is 7.10.